The minimum atomic E-state index is -2.93. The Kier molecular flexibility index (Phi) is 1.87. The van der Waals surface area contributed by atoms with Crippen molar-refractivity contribution in [2.75, 3.05) is 5.75 Å². The molecule has 0 atom stereocenters. The van der Waals surface area contributed by atoms with Crippen LogP contribution in [0, 0.1) is 5.82 Å². The van der Waals surface area contributed by atoms with Crippen LogP contribution in [-0.4, -0.2) is 14.2 Å². The molecule has 0 aromatic heterocycles. The molecule has 0 saturated heterocycles. The van der Waals surface area contributed by atoms with Crippen LogP contribution >= 0.6 is 0 Å². The van der Waals surface area contributed by atoms with E-state index in [-0.39, 0.29) is 17.3 Å². The van der Waals surface area contributed by atoms with Gasteiger partial charge in [-0.05, 0) is 29.7 Å². The fraction of sp³-hybridized carbons (Fsp3) is 0.333. The van der Waals surface area contributed by atoms with E-state index in [0.29, 0.717) is 6.42 Å². The average Bonchev–Trinajstić information content (AvgIpc) is 2.05. The predicted molar refractivity (Wildman–Crippen MR) is 47.6 cm³/mol. The monoisotopic (exact) mass is 200 g/mol. The van der Waals surface area contributed by atoms with Crippen LogP contribution in [0.25, 0.3) is 0 Å². The fourth-order valence-electron chi connectivity index (χ4n) is 1.54. The van der Waals surface area contributed by atoms with Crippen LogP contribution in [0.1, 0.15) is 11.1 Å². The van der Waals surface area contributed by atoms with Gasteiger partial charge in [-0.3, -0.25) is 0 Å². The van der Waals surface area contributed by atoms with E-state index in [2.05, 4.69) is 0 Å². The van der Waals surface area contributed by atoms with Crippen LogP contribution in [0.5, 0.6) is 0 Å². The van der Waals surface area contributed by atoms with Crippen molar-refractivity contribution in [1.29, 1.82) is 0 Å². The smallest absolute Gasteiger partial charge is 0.154 e. The van der Waals surface area contributed by atoms with Crippen LogP contribution in [-0.2, 0) is 22.0 Å². The van der Waals surface area contributed by atoms with E-state index >= 15 is 0 Å². The summed E-state index contributed by atoms with van der Waals surface area (Å²) in [4.78, 5) is 0. The molecule has 0 aliphatic carbocycles. The van der Waals surface area contributed by atoms with Gasteiger partial charge in [0.05, 0.1) is 11.5 Å². The summed E-state index contributed by atoms with van der Waals surface area (Å²) in [7, 11) is -2.93. The van der Waals surface area contributed by atoms with Crippen molar-refractivity contribution < 1.29 is 12.8 Å². The number of rotatable bonds is 0. The summed E-state index contributed by atoms with van der Waals surface area (Å²) in [5.41, 5.74) is 1.57. The number of aryl methyl sites for hydroxylation is 1. The van der Waals surface area contributed by atoms with E-state index < -0.39 is 9.84 Å². The molecular weight excluding hydrogens is 191 g/mol. The third kappa shape index (κ3) is 1.72. The minimum absolute atomic E-state index is 0.0581. The minimum Gasteiger partial charge on any atom is -0.228 e. The van der Waals surface area contributed by atoms with Crippen molar-refractivity contribution in [1.82, 2.24) is 0 Å². The summed E-state index contributed by atoms with van der Waals surface area (Å²) in [6.07, 6.45) is 0.440. The second-order valence-electron chi connectivity index (χ2n) is 3.26. The molecule has 1 aliphatic heterocycles. The summed E-state index contributed by atoms with van der Waals surface area (Å²) in [6.45, 7) is 0. The molecule has 0 amide bonds. The van der Waals surface area contributed by atoms with E-state index in [1.807, 2.05) is 0 Å². The quantitative estimate of drug-likeness (QED) is 0.632. The van der Waals surface area contributed by atoms with Crippen molar-refractivity contribution >= 4 is 9.84 Å². The second kappa shape index (κ2) is 2.80. The van der Waals surface area contributed by atoms with Gasteiger partial charge in [0.2, 0.25) is 0 Å². The Labute approximate surface area is 76.3 Å². The lowest BCUT2D eigenvalue weighted by molar-refractivity contribution is 0.589. The average molecular weight is 200 g/mol. The number of fused-ring (bicyclic) bond motifs is 1. The zero-order valence-corrected chi connectivity index (χ0v) is 7.77. The number of sulfone groups is 1. The summed E-state index contributed by atoms with van der Waals surface area (Å²) >= 11 is 0. The number of halogens is 1. The van der Waals surface area contributed by atoms with Gasteiger partial charge in [0, 0.05) is 0 Å². The first-order chi connectivity index (χ1) is 6.07. The van der Waals surface area contributed by atoms with Gasteiger partial charge in [0.15, 0.2) is 9.84 Å². The van der Waals surface area contributed by atoms with Crippen LogP contribution in [0.4, 0.5) is 4.39 Å². The van der Waals surface area contributed by atoms with Crippen molar-refractivity contribution in [3.8, 4) is 0 Å². The molecule has 0 N–H and O–H groups in total. The SMILES string of the molecule is O=S1(=O)CCc2cc(F)ccc2C1. The van der Waals surface area contributed by atoms with Crippen LogP contribution in [0.3, 0.4) is 0 Å². The van der Waals surface area contributed by atoms with Crippen molar-refractivity contribution in [2.24, 2.45) is 0 Å². The van der Waals surface area contributed by atoms with Gasteiger partial charge in [-0.25, -0.2) is 12.8 Å². The molecule has 2 nitrogen and oxygen atoms in total. The van der Waals surface area contributed by atoms with Crippen molar-refractivity contribution in [2.45, 2.75) is 12.2 Å². The maximum absolute atomic E-state index is 12.7. The Hall–Kier alpha value is -0.900. The molecule has 0 fully saturated rings. The Morgan fingerprint density at radius 2 is 2.00 bits per heavy atom. The molecule has 4 heteroatoms. The molecule has 0 radical (unpaired) electrons. The number of hydrogen-bond donors (Lipinski definition) is 0. The van der Waals surface area contributed by atoms with Gasteiger partial charge in [-0.15, -0.1) is 0 Å². The molecule has 1 aromatic carbocycles. The van der Waals surface area contributed by atoms with E-state index in [1.165, 1.54) is 12.1 Å². The molecule has 1 aromatic rings. The molecule has 1 heterocycles. The first-order valence-corrected chi connectivity index (χ1v) is 5.87. The highest BCUT2D eigenvalue weighted by Crippen LogP contribution is 2.21. The lowest BCUT2D eigenvalue weighted by Gasteiger charge is -2.15. The third-order valence-corrected chi connectivity index (χ3v) is 3.80. The molecule has 1 aliphatic rings. The summed E-state index contributed by atoms with van der Waals surface area (Å²) in [5.74, 6) is -0.0930. The Bertz CT molecular complexity index is 437. The molecule has 13 heavy (non-hydrogen) atoms. The number of benzene rings is 1. The van der Waals surface area contributed by atoms with Gasteiger partial charge in [-0.2, -0.15) is 0 Å². The van der Waals surface area contributed by atoms with Gasteiger partial charge in [0.1, 0.15) is 5.82 Å². The highest BCUT2D eigenvalue weighted by atomic mass is 32.2. The molecule has 70 valence electrons. The zero-order valence-electron chi connectivity index (χ0n) is 6.96. The van der Waals surface area contributed by atoms with Crippen molar-refractivity contribution in [3.05, 3.63) is 35.1 Å². The Morgan fingerprint density at radius 1 is 1.23 bits per heavy atom. The first-order valence-electron chi connectivity index (χ1n) is 4.04. The number of hydrogen-bond acceptors (Lipinski definition) is 2. The largest absolute Gasteiger partial charge is 0.228 e. The maximum atomic E-state index is 12.7. The molecule has 0 unspecified atom stereocenters. The van der Waals surface area contributed by atoms with Gasteiger partial charge >= 0.3 is 0 Å². The van der Waals surface area contributed by atoms with E-state index in [1.54, 1.807) is 6.07 Å². The first kappa shape index (κ1) is 8.69. The normalized spacial score (nSPS) is 19.5. The second-order valence-corrected chi connectivity index (χ2v) is 5.44. The topological polar surface area (TPSA) is 34.1 Å². The molecular formula is C9H9FO2S. The predicted octanol–water partition coefficient (Wildman–Crippen LogP) is 1.30. The maximum Gasteiger partial charge on any atom is 0.154 e. The fourth-order valence-corrected chi connectivity index (χ4v) is 2.97. The summed E-state index contributed by atoms with van der Waals surface area (Å²) in [5, 5.41) is 0. The van der Waals surface area contributed by atoms with E-state index in [0.717, 1.165) is 11.1 Å². The molecule has 0 saturated carbocycles. The summed E-state index contributed by atoms with van der Waals surface area (Å²) < 4.78 is 35.1. The highest BCUT2D eigenvalue weighted by molar-refractivity contribution is 7.90. The van der Waals surface area contributed by atoms with Gasteiger partial charge < -0.3 is 0 Å². The lowest BCUT2D eigenvalue weighted by Crippen LogP contribution is -2.18. The zero-order chi connectivity index (χ0) is 9.47. The van der Waals surface area contributed by atoms with E-state index in [9.17, 15) is 12.8 Å². The summed E-state index contributed by atoms with van der Waals surface area (Å²) in [6, 6.07) is 4.28. The Balaban J connectivity index is 2.48. The molecule has 0 spiro atoms. The van der Waals surface area contributed by atoms with Crippen LogP contribution in [0.15, 0.2) is 18.2 Å². The highest BCUT2D eigenvalue weighted by Gasteiger charge is 2.20. The van der Waals surface area contributed by atoms with Crippen LogP contribution < -0.4 is 0 Å². The van der Waals surface area contributed by atoms with E-state index in [4.69, 9.17) is 0 Å². The van der Waals surface area contributed by atoms with Crippen molar-refractivity contribution in [3.63, 3.8) is 0 Å². The molecule has 2 rings (SSSR count). The molecule has 0 bridgehead atoms. The van der Waals surface area contributed by atoms with Gasteiger partial charge in [0.25, 0.3) is 0 Å². The Morgan fingerprint density at radius 3 is 2.77 bits per heavy atom. The standard InChI is InChI=1S/C9H9FO2S/c10-9-2-1-8-6-13(11,12)4-3-7(8)5-9/h1-2,5H,3-4,6H2. The van der Waals surface area contributed by atoms with Crippen LogP contribution in [0.2, 0.25) is 0 Å². The van der Waals surface area contributed by atoms with Gasteiger partial charge in [-0.1, -0.05) is 6.07 Å². The lowest BCUT2D eigenvalue weighted by atomic mass is 10.1. The third-order valence-electron chi connectivity index (χ3n) is 2.23.